The standard InChI is InChI=1S/C15H17ClF2N4O.C10H14FN/c1-8-5-3-4-6-22(13(8)18)14-9-7-19-12(16)10(17)11(9)20-15(21-14)23-2;11-6-8-5-9-10(1-2-10)3-4-12(9)7-8/h7-8,13H,3-6H2,1-2H3;6,9H,1-5,7H2/b;8-6+. The van der Waals surface area contributed by atoms with Gasteiger partial charge in [0.05, 0.1) is 18.8 Å². The molecule has 1 aliphatic carbocycles. The highest BCUT2D eigenvalue weighted by Crippen LogP contribution is 2.60. The van der Waals surface area contributed by atoms with Crippen LogP contribution >= 0.6 is 11.6 Å². The molecule has 0 amide bonds. The molecule has 3 aliphatic heterocycles. The summed E-state index contributed by atoms with van der Waals surface area (Å²) in [5.41, 5.74) is 1.65. The summed E-state index contributed by atoms with van der Waals surface area (Å²) in [6, 6.07) is 0.678. The zero-order chi connectivity index (χ0) is 24.7. The van der Waals surface area contributed by atoms with Gasteiger partial charge in [-0.1, -0.05) is 24.9 Å². The first-order chi connectivity index (χ1) is 16.9. The number of anilines is 1. The number of fused-ring (bicyclic) bond motifs is 3. The van der Waals surface area contributed by atoms with Crippen LogP contribution in [0.2, 0.25) is 5.15 Å². The molecule has 6 rings (SSSR count). The number of alkyl halides is 1. The number of pyridine rings is 1. The van der Waals surface area contributed by atoms with Crippen molar-refractivity contribution in [1.29, 1.82) is 0 Å². The van der Waals surface area contributed by atoms with E-state index in [1.165, 1.54) is 39.1 Å². The van der Waals surface area contributed by atoms with Crippen LogP contribution in [0.4, 0.5) is 19.0 Å². The molecule has 6 nitrogen and oxygen atoms in total. The Morgan fingerprint density at radius 2 is 2.00 bits per heavy atom. The number of ether oxygens (including phenoxy) is 1. The van der Waals surface area contributed by atoms with Gasteiger partial charge < -0.3 is 9.64 Å². The van der Waals surface area contributed by atoms with E-state index in [4.69, 9.17) is 16.3 Å². The van der Waals surface area contributed by atoms with Crippen molar-refractivity contribution in [2.45, 2.75) is 64.2 Å². The van der Waals surface area contributed by atoms with Crippen LogP contribution < -0.4 is 9.64 Å². The Hall–Kier alpha value is -2.13. The number of hydrogen-bond donors (Lipinski definition) is 0. The lowest BCUT2D eigenvalue weighted by molar-refractivity contribution is 0.233. The fourth-order valence-electron chi connectivity index (χ4n) is 5.86. The van der Waals surface area contributed by atoms with Gasteiger partial charge in [-0.25, -0.2) is 18.2 Å². The maximum atomic E-state index is 14.8. The van der Waals surface area contributed by atoms with E-state index in [1.807, 2.05) is 6.92 Å². The van der Waals surface area contributed by atoms with E-state index in [9.17, 15) is 13.2 Å². The third-order valence-corrected chi connectivity index (χ3v) is 8.35. The van der Waals surface area contributed by atoms with E-state index < -0.39 is 12.1 Å². The summed E-state index contributed by atoms with van der Waals surface area (Å²) in [4.78, 5) is 16.1. The highest BCUT2D eigenvalue weighted by Gasteiger charge is 2.57. The van der Waals surface area contributed by atoms with Gasteiger partial charge in [-0.15, -0.1) is 0 Å². The molecule has 0 bridgehead atoms. The molecule has 3 atom stereocenters. The third kappa shape index (κ3) is 4.57. The second kappa shape index (κ2) is 9.73. The summed E-state index contributed by atoms with van der Waals surface area (Å²) in [6.45, 7) is 4.47. The Morgan fingerprint density at radius 1 is 1.20 bits per heavy atom. The first-order valence-electron chi connectivity index (χ1n) is 12.4. The van der Waals surface area contributed by atoms with Crippen molar-refractivity contribution in [1.82, 2.24) is 19.9 Å². The summed E-state index contributed by atoms with van der Waals surface area (Å²) in [5, 5.41) is 0.0367. The predicted molar refractivity (Wildman–Crippen MR) is 130 cm³/mol. The number of hydrogen-bond acceptors (Lipinski definition) is 6. The summed E-state index contributed by atoms with van der Waals surface area (Å²) >= 11 is 5.72. The molecule has 4 aliphatic rings. The molecule has 1 spiro atoms. The lowest BCUT2D eigenvalue weighted by Crippen LogP contribution is -2.36. The summed E-state index contributed by atoms with van der Waals surface area (Å²) < 4.78 is 46.4. The van der Waals surface area contributed by atoms with Crippen molar-refractivity contribution in [3.63, 3.8) is 0 Å². The van der Waals surface area contributed by atoms with Crippen LogP contribution in [0.5, 0.6) is 6.01 Å². The lowest BCUT2D eigenvalue weighted by atomic mass is 9.94. The molecule has 35 heavy (non-hydrogen) atoms. The number of aromatic nitrogens is 3. The monoisotopic (exact) mass is 509 g/mol. The predicted octanol–water partition coefficient (Wildman–Crippen LogP) is 5.85. The largest absolute Gasteiger partial charge is 0.467 e. The molecule has 3 saturated heterocycles. The SMILES string of the molecule is COc1nc(N2CCCCC(C)C2F)c2cnc(Cl)c(F)c2n1.F/C=C1\CC2N(CCC23CC3)C1. The molecule has 5 heterocycles. The van der Waals surface area contributed by atoms with Crippen molar-refractivity contribution >= 4 is 28.3 Å². The fourth-order valence-corrected chi connectivity index (χ4v) is 5.99. The van der Waals surface area contributed by atoms with Gasteiger partial charge in [0.1, 0.15) is 11.3 Å². The molecule has 1 saturated carbocycles. The maximum absolute atomic E-state index is 14.8. The molecule has 0 radical (unpaired) electrons. The number of halogens is 4. The normalized spacial score (nSPS) is 28.7. The molecule has 2 aromatic heterocycles. The molecule has 0 N–H and O–H groups in total. The number of nitrogens with zero attached hydrogens (tertiary/aromatic N) is 5. The molecule has 10 heteroatoms. The van der Waals surface area contributed by atoms with Crippen LogP contribution in [0.15, 0.2) is 18.1 Å². The van der Waals surface area contributed by atoms with E-state index in [0.29, 0.717) is 23.4 Å². The van der Waals surface area contributed by atoms with Crippen molar-refractivity contribution < 1.29 is 17.9 Å². The quantitative estimate of drug-likeness (QED) is 0.374. The minimum Gasteiger partial charge on any atom is -0.467 e. The summed E-state index contributed by atoms with van der Waals surface area (Å²) in [5.74, 6) is -0.612. The van der Waals surface area contributed by atoms with Crippen molar-refractivity contribution in [3.8, 4) is 6.01 Å². The van der Waals surface area contributed by atoms with Crippen LogP contribution in [0.25, 0.3) is 10.9 Å². The Bertz CT molecular complexity index is 1130. The van der Waals surface area contributed by atoms with Gasteiger partial charge in [0.25, 0.3) is 0 Å². The number of methoxy groups -OCH3 is 1. The first-order valence-corrected chi connectivity index (χ1v) is 12.7. The second-order valence-electron chi connectivity index (χ2n) is 10.3. The van der Waals surface area contributed by atoms with Crippen molar-refractivity contribution in [2.24, 2.45) is 11.3 Å². The molecule has 3 unspecified atom stereocenters. The van der Waals surface area contributed by atoms with Crippen LogP contribution in [-0.2, 0) is 0 Å². The highest BCUT2D eigenvalue weighted by molar-refractivity contribution is 6.30. The van der Waals surface area contributed by atoms with Crippen LogP contribution in [0, 0.1) is 17.2 Å². The molecule has 0 aromatic carbocycles. The van der Waals surface area contributed by atoms with E-state index in [2.05, 4.69) is 19.9 Å². The van der Waals surface area contributed by atoms with Crippen molar-refractivity contribution in [2.75, 3.05) is 31.6 Å². The molecular weight excluding hydrogens is 479 g/mol. The van der Waals surface area contributed by atoms with Gasteiger partial charge in [-0.2, -0.15) is 9.97 Å². The van der Waals surface area contributed by atoms with Gasteiger partial charge in [0.15, 0.2) is 17.3 Å². The van der Waals surface area contributed by atoms with Crippen LogP contribution in [0.1, 0.15) is 51.9 Å². The van der Waals surface area contributed by atoms with Gasteiger partial charge >= 0.3 is 6.01 Å². The van der Waals surface area contributed by atoms with E-state index in [1.54, 1.807) is 4.90 Å². The zero-order valence-electron chi connectivity index (χ0n) is 20.1. The Kier molecular flexibility index (Phi) is 6.83. The second-order valence-corrected chi connectivity index (χ2v) is 10.6. The average molecular weight is 510 g/mol. The zero-order valence-corrected chi connectivity index (χ0v) is 20.9. The third-order valence-electron chi connectivity index (χ3n) is 8.08. The Balaban J connectivity index is 0.000000175. The smallest absolute Gasteiger partial charge is 0.318 e. The highest BCUT2D eigenvalue weighted by atomic mass is 35.5. The first kappa shape index (κ1) is 24.6. The summed E-state index contributed by atoms with van der Waals surface area (Å²) in [7, 11) is 1.38. The Morgan fingerprint density at radius 3 is 2.71 bits per heavy atom. The minimum atomic E-state index is -1.21. The average Bonchev–Trinajstić information content (AvgIpc) is 3.47. The maximum Gasteiger partial charge on any atom is 0.318 e. The molecule has 2 aromatic rings. The minimum absolute atomic E-state index is 0.0176. The van der Waals surface area contributed by atoms with Gasteiger partial charge in [-0.05, 0) is 56.1 Å². The number of rotatable bonds is 2. The molecular formula is C25H31ClF3N5O. The topological polar surface area (TPSA) is 54.4 Å². The molecule has 4 fully saturated rings. The van der Waals surface area contributed by atoms with E-state index in [0.717, 1.165) is 44.1 Å². The fraction of sp³-hybridized carbons (Fsp3) is 0.640. The van der Waals surface area contributed by atoms with Gasteiger partial charge in [-0.3, -0.25) is 4.90 Å². The van der Waals surface area contributed by atoms with Crippen LogP contribution in [0.3, 0.4) is 0 Å². The summed E-state index contributed by atoms with van der Waals surface area (Å²) in [6.07, 6.45) is 8.75. The van der Waals surface area contributed by atoms with E-state index in [-0.39, 0.29) is 28.4 Å². The lowest BCUT2D eigenvalue weighted by Gasteiger charge is -2.29. The van der Waals surface area contributed by atoms with Gasteiger partial charge in [0.2, 0.25) is 0 Å². The van der Waals surface area contributed by atoms with E-state index >= 15 is 0 Å². The molecule has 190 valence electrons. The Labute approximate surface area is 208 Å². The van der Waals surface area contributed by atoms with Gasteiger partial charge in [0, 0.05) is 31.2 Å². The van der Waals surface area contributed by atoms with Crippen molar-refractivity contribution in [3.05, 3.63) is 29.1 Å². The van der Waals surface area contributed by atoms with Crippen LogP contribution in [-0.4, -0.2) is 58.9 Å².